The van der Waals surface area contributed by atoms with E-state index >= 15 is 0 Å². The molecule has 4 aromatic carbocycles. The van der Waals surface area contributed by atoms with Crippen LogP contribution in [0.25, 0.3) is 33.4 Å². The van der Waals surface area contributed by atoms with Gasteiger partial charge in [-0.2, -0.15) is 0 Å². The summed E-state index contributed by atoms with van der Waals surface area (Å²) in [5.74, 6) is 0.906. The van der Waals surface area contributed by atoms with Crippen LogP contribution in [0.5, 0.6) is 5.75 Å². The number of benzene rings is 4. The minimum atomic E-state index is 0. The molecule has 2 nitrogen and oxygen atoms in total. The molecule has 4 aromatic rings. The Morgan fingerprint density at radius 3 is 1.59 bits per heavy atom. The SMILES string of the molecule is CCN(CC)CCOc1ccc(-c2cc(-c3ccccc3)cc(-c3ccc(Cl)cc3)c2)cc1.Cl. The largest absolute Gasteiger partial charge is 0.492 e. The molecule has 0 unspecified atom stereocenters. The fourth-order valence-corrected chi connectivity index (χ4v) is 4.10. The van der Waals surface area contributed by atoms with Crippen LogP contribution in [0.15, 0.2) is 97.1 Å². The first-order chi connectivity index (χ1) is 16.2. The summed E-state index contributed by atoms with van der Waals surface area (Å²) in [6, 6.07) is 33.7. The number of ether oxygens (including phenoxy) is 1. The summed E-state index contributed by atoms with van der Waals surface area (Å²) >= 11 is 6.12. The van der Waals surface area contributed by atoms with E-state index in [9.17, 15) is 0 Å². The Hall–Kier alpha value is -2.78. The lowest BCUT2D eigenvalue weighted by Crippen LogP contribution is -2.27. The predicted molar refractivity (Wildman–Crippen MR) is 148 cm³/mol. The highest BCUT2D eigenvalue weighted by Crippen LogP contribution is 2.33. The molecule has 0 amide bonds. The molecule has 0 saturated heterocycles. The lowest BCUT2D eigenvalue weighted by molar-refractivity contribution is 0.223. The van der Waals surface area contributed by atoms with E-state index in [0.717, 1.165) is 36.0 Å². The van der Waals surface area contributed by atoms with Gasteiger partial charge in [-0.25, -0.2) is 0 Å². The summed E-state index contributed by atoms with van der Waals surface area (Å²) in [7, 11) is 0. The lowest BCUT2D eigenvalue weighted by Gasteiger charge is -2.18. The van der Waals surface area contributed by atoms with Crippen LogP contribution < -0.4 is 4.74 Å². The fraction of sp³-hybridized carbons (Fsp3) is 0.200. The van der Waals surface area contributed by atoms with Crippen molar-refractivity contribution < 1.29 is 4.74 Å². The second-order valence-electron chi connectivity index (χ2n) is 8.07. The number of nitrogens with zero attached hydrogens (tertiary/aromatic N) is 1. The zero-order valence-electron chi connectivity index (χ0n) is 19.7. The monoisotopic (exact) mass is 491 g/mol. The van der Waals surface area contributed by atoms with Crippen molar-refractivity contribution in [2.24, 2.45) is 0 Å². The zero-order chi connectivity index (χ0) is 23.0. The van der Waals surface area contributed by atoms with Gasteiger partial charge in [0, 0.05) is 11.6 Å². The lowest BCUT2D eigenvalue weighted by atomic mass is 9.93. The number of halogens is 2. The fourth-order valence-electron chi connectivity index (χ4n) is 3.98. The van der Waals surface area contributed by atoms with E-state index in [1.165, 1.54) is 27.8 Å². The molecule has 4 heteroatoms. The van der Waals surface area contributed by atoms with Crippen molar-refractivity contribution in [2.45, 2.75) is 13.8 Å². The average molecular weight is 492 g/mol. The van der Waals surface area contributed by atoms with Crippen LogP contribution in [0.1, 0.15) is 13.8 Å². The van der Waals surface area contributed by atoms with Crippen LogP contribution in [0.4, 0.5) is 0 Å². The van der Waals surface area contributed by atoms with Crippen LogP contribution in [0, 0.1) is 0 Å². The third kappa shape index (κ3) is 6.64. The maximum Gasteiger partial charge on any atom is 0.119 e. The van der Waals surface area contributed by atoms with Gasteiger partial charge in [0.25, 0.3) is 0 Å². The zero-order valence-corrected chi connectivity index (χ0v) is 21.3. The van der Waals surface area contributed by atoms with Crippen molar-refractivity contribution in [3.8, 4) is 39.1 Å². The average Bonchev–Trinajstić information content (AvgIpc) is 2.88. The van der Waals surface area contributed by atoms with Gasteiger partial charge < -0.3 is 9.64 Å². The van der Waals surface area contributed by atoms with E-state index in [4.69, 9.17) is 16.3 Å². The van der Waals surface area contributed by atoms with Crippen molar-refractivity contribution in [3.63, 3.8) is 0 Å². The number of likely N-dealkylation sites (N-methyl/N-ethyl adjacent to an activating group) is 1. The third-order valence-corrected chi connectivity index (χ3v) is 6.23. The smallest absolute Gasteiger partial charge is 0.119 e. The molecule has 0 aromatic heterocycles. The second-order valence-corrected chi connectivity index (χ2v) is 8.51. The summed E-state index contributed by atoms with van der Waals surface area (Å²) in [6.07, 6.45) is 0. The molecule has 0 aliphatic heterocycles. The summed E-state index contributed by atoms with van der Waals surface area (Å²) in [5.41, 5.74) is 7.05. The minimum Gasteiger partial charge on any atom is -0.492 e. The highest BCUT2D eigenvalue weighted by atomic mass is 35.5. The molecule has 176 valence electrons. The maximum absolute atomic E-state index is 6.12. The molecule has 0 saturated carbocycles. The van der Waals surface area contributed by atoms with Crippen molar-refractivity contribution in [1.29, 1.82) is 0 Å². The molecule has 0 fully saturated rings. The van der Waals surface area contributed by atoms with Crippen molar-refractivity contribution >= 4 is 24.0 Å². The Morgan fingerprint density at radius 1 is 0.618 bits per heavy atom. The van der Waals surface area contributed by atoms with Crippen LogP contribution >= 0.6 is 24.0 Å². The Balaban J connectivity index is 0.00000324. The first-order valence-electron chi connectivity index (χ1n) is 11.6. The Kier molecular flexibility index (Phi) is 9.59. The Labute approximate surface area is 214 Å². The quantitative estimate of drug-likeness (QED) is 0.232. The van der Waals surface area contributed by atoms with E-state index in [0.29, 0.717) is 6.61 Å². The third-order valence-electron chi connectivity index (χ3n) is 5.98. The summed E-state index contributed by atoms with van der Waals surface area (Å²) in [5, 5.41) is 0.745. The number of hydrogen-bond acceptors (Lipinski definition) is 2. The van der Waals surface area contributed by atoms with Crippen molar-refractivity contribution in [3.05, 3.63) is 102 Å². The van der Waals surface area contributed by atoms with Gasteiger partial charge in [-0.15, -0.1) is 12.4 Å². The summed E-state index contributed by atoms with van der Waals surface area (Å²) in [6.45, 7) is 8.10. The molecule has 0 atom stereocenters. The van der Waals surface area contributed by atoms with Gasteiger partial charge in [0.1, 0.15) is 12.4 Å². The molecule has 0 aliphatic carbocycles. The Morgan fingerprint density at radius 2 is 1.09 bits per heavy atom. The molecule has 0 N–H and O–H groups in total. The molecular weight excluding hydrogens is 461 g/mol. The second kappa shape index (κ2) is 12.6. The minimum absolute atomic E-state index is 0. The molecular formula is C30H31Cl2NO. The summed E-state index contributed by atoms with van der Waals surface area (Å²) in [4.78, 5) is 2.36. The molecule has 0 heterocycles. The van der Waals surface area contributed by atoms with Crippen LogP contribution in [0.2, 0.25) is 5.02 Å². The van der Waals surface area contributed by atoms with Gasteiger partial charge in [-0.05, 0) is 88.9 Å². The molecule has 0 radical (unpaired) electrons. The van der Waals surface area contributed by atoms with Crippen molar-refractivity contribution in [1.82, 2.24) is 4.90 Å². The standard InChI is InChI=1S/C30H30ClNO.ClH/c1-3-32(4-2)18-19-33-30-16-12-25(13-17-30)28-21-26(23-8-6-5-7-9-23)20-27(22-28)24-10-14-29(31)15-11-24;/h5-17,20-22H,3-4,18-19H2,1-2H3;1H. The Bertz CT molecular complexity index is 1150. The first kappa shape index (κ1) is 25.8. The molecule has 0 bridgehead atoms. The topological polar surface area (TPSA) is 12.5 Å². The van der Waals surface area contributed by atoms with Crippen molar-refractivity contribution in [2.75, 3.05) is 26.2 Å². The molecule has 4 rings (SSSR count). The molecule has 0 spiro atoms. The highest BCUT2D eigenvalue weighted by molar-refractivity contribution is 6.30. The van der Waals surface area contributed by atoms with Gasteiger partial charge in [0.15, 0.2) is 0 Å². The first-order valence-corrected chi connectivity index (χ1v) is 12.0. The van der Waals surface area contributed by atoms with Gasteiger partial charge >= 0.3 is 0 Å². The predicted octanol–water partition coefficient (Wildman–Crippen LogP) is 8.48. The van der Waals surface area contributed by atoms with E-state index in [-0.39, 0.29) is 12.4 Å². The number of hydrogen-bond donors (Lipinski definition) is 0. The van der Waals surface area contributed by atoms with Gasteiger partial charge in [-0.1, -0.05) is 80.0 Å². The summed E-state index contributed by atoms with van der Waals surface area (Å²) < 4.78 is 5.97. The highest BCUT2D eigenvalue weighted by Gasteiger charge is 2.08. The van der Waals surface area contributed by atoms with Gasteiger partial charge in [0.2, 0.25) is 0 Å². The maximum atomic E-state index is 6.12. The van der Waals surface area contributed by atoms with Crippen LogP contribution in [-0.4, -0.2) is 31.1 Å². The molecule has 34 heavy (non-hydrogen) atoms. The van der Waals surface area contributed by atoms with Crippen LogP contribution in [-0.2, 0) is 0 Å². The van der Waals surface area contributed by atoms with Crippen LogP contribution in [0.3, 0.4) is 0 Å². The van der Waals surface area contributed by atoms with E-state index in [1.54, 1.807) is 0 Å². The van der Waals surface area contributed by atoms with Gasteiger partial charge in [0.05, 0.1) is 0 Å². The van der Waals surface area contributed by atoms with E-state index < -0.39 is 0 Å². The van der Waals surface area contributed by atoms with Gasteiger partial charge in [-0.3, -0.25) is 0 Å². The molecule has 0 aliphatic rings. The number of rotatable bonds is 9. The normalized spacial score (nSPS) is 10.7. The van der Waals surface area contributed by atoms with E-state index in [2.05, 4.69) is 97.6 Å². The van der Waals surface area contributed by atoms with E-state index in [1.807, 2.05) is 18.2 Å².